The highest BCUT2D eigenvalue weighted by molar-refractivity contribution is 5.75. The monoisotopic (exact) mass is 219 g/mol. The van der Waals surface area contributed by atoms with Gasteiger partial charge in [0.2, 0.25) is 0 Å². The Bertz CT molecular complexity index is 377. The molecule has 1 aliphatic rings. The quantitative estimate of drug-likeness (QED) is 0.763. The number of carbonyl (C=O) groups is 1. The lowest BCUT2D eigenvalue weighted by Gasteiger charge is -2.29. The predicted molar refractivity (Wildman–Crippen MR) is 62.2 cm³/mol. The van der Waals surface area contributed by atoms with Gasteiger partial charge in [-0.15, -0.1) is 0 Å². The summed E-state index contributed by atoms with van der Waals surface area (Å²) in [4.78, 5) is 11.7. The number of methoxy groups -OCH3 is 1. The molecule has 0 aromatic heterocycles. The molecule has 16 heavy (non-hydrogen) atoms. The molecule has 2 unspecified atom stereocenters. The van der Waals surface area contributed by atoms with Gasteiger partial charge in [0.25, 0.3) is 0 Å². The van der Waals surface area contributed by atoms with Crippen LogP contribution in [0.15, 0.2) is 30.3 Å². The van der Waals surface area contributed by atoms with Gasteiger partial charge in [0.1, 0.15) is 0 Å². The summed E-state index contributed by atoms with van der Waals surface area (Å²) in [6.07, 6.45) is 0. The van der Waals surface area contributed by atoms with Crippen molar-refractivity contribution in [2.45, 2.75) is 12.3 Å². The molecule has 0 amide bonds. The molecule has 1 heterocycles. The number of ether oxygens (including phenoxy) is 1. The molecule has 0 spiro atoms. The topological polar surface area (TPSA) is 38.3 Å². The maximum absolute atomic E-state index is 11.7. The van der Waals surface area contributed by atoms with Crippen LogP contribution in [0.1, 0.15) is 12.5 Å². The molecular formula is C13H17NO2. The van der Waals surface area contributed by atoms with Gasteiger partial charge in [0.15, 0.2) is 0 Å². The molecule has 3 heteroatoms. The van der Waals surface area contributed by atoms with E-state index in [9.17, 15) is 4.79 Å². The molecule has 1 aliphatic heterocycles. The Kier molecular flexibility index (Phi) is 2.97. The molecular weight excluding hydrogens is 202 g/mol. The van der Waals surface area contributed by atoms with Crippen molar-refractivity contribution >= 4 is 5.97 Å². The zero-order valence-electron chi connectivity index (χ0n) is 9.69. The van der Waals surface area contributed by atoms with E-state index in [1.54, 1.807) is 0 Å². The summed E-state index contributed by atoms with van der Waals surface area (Å²) in [7, 11) is 1.45. The van der Waals surface area contributed by atoms with Crippen molar-refractivity contribution in [3.8, 4) is 0 Å². The number of esters is 1. The predicted octanol–water partition coefficient (Wildman–Crippen LogP) is 1.34. The SMILES string of the molecule is COC(=O)C1CNCC1(C)c1ccccc1. The average Bonchev–Trinajstić information content (AvgIpc) is 2.73. The number of benzene rings is 1. The Morgan fingerprint density at radius 2 is 2.12 bits per heavy atom. The number of hydrogen-bond acceptors (Lipinski definition) is 3. The maximum Gasteiger partial charge on any atom is 0.310 e. The summed E-state index contributed by atoms with van der Waals surface area (Å²) < 4.78 is 4.87. The average molecular weight is 219 g/mol. The van der Waals surface area contributed by atoms with E-state index < -0.39 is 0 Å². The molecule has 0 saturated carbocycles. The van der Waals surface area contributed by atoms with Crippen LogP contribution in [0, 0.1) is 5.92 Å². The van der Waals surface area contributed by atoms with Crippen molar-refractivity contribution in [2.24, 2.45) is 5.92 Å². The number of nitrogens with one attached hydrogen (secondary N) is 1. The fourth-order valence-electron chi connectivity index (χ4n) is 2.43. The second-order valence-corrected chi connectivity index (χ2v) is 4.49. The molecule has 1 aromatic rings. The van der Waals surface area contributed by atoms with Gasteiger partial charge >= 0.3 is 5.97 Å². The molecule has 0 aliphatic carbocycles. The summed E-state index contributed by atoms with van der Waals surface area (Å²) in [5.41, 5.74) is 1.03. The minimum absolute atomic E-state index is 0.0973. The van der Waals surface area contributed by atoms with Crippen molar-refractivity contribution in [1.29, 1.82) is 0 Å². The molecule has 86 valence electrons. The molecule has 2 rings (SSSR count). The fraction of sp³-hybridized carbons (Fsp3) is 0.462. The lowest BCUT2D eigenvalue weighted by atomic mass is 9.74. The van der Waals surface area contributed by atoms with Crippen LogP contribution in [0.3, 0.4) is 0 Å². The first-order valence-electron chi connectivity index (χ1n) is 5.52. The van der Waals surface area contributed by atoms with E-state index in [-0.39, 0.29) is 17.3 Å². The maximum atomic E-state index is 11.7. The van der Waals surface area contributed by atoms with Crippen molar-refractivity contribution < 1.29 is 9.53 Å². The summed E-state index contributed by atoms with van der Waals surface area (Å²) >= 11 is 0. The van der Waals surface area contributed by atoms with Gasteiger partial charge in [-0.1, -0.05) is 37.3 Å². The number of hydrogen-bond donors (Lipinski definition) is 1. The first-order valence-corrected chi connectivity index (χ1v) is 5.52. The lowest BCUT2D eigenvalue weighted by Crippen LogP contribution is -2.36. The molecule has 3 nitrogen and oxygen atoms in total. The van der Waals surface area contributed by atoms with E-state index in [0.29, 0.717) is 6.54 Å². The fourth-order valence-corrected chi connectivity index (χ4v) is 2.43. The van der Waals surface area contributed by atoms with Gasteiger partial charge < -0.3 is 10.1 Å². The van der Waals surface area contributed by atoms with E-state index in [4.69, 9.17) is 4.74 Å². The Balaban J connectivity index is 2.33. The van der Waals surface area contributed by atoms with E-state index in [1.807, 2.05) is 18.2 Å². The van der Waals surface area contributed by atoms with Gasteiger partial charge in [-0.05, 0) is 5.56 Å². The summed E-state index contributed by atoms with van der Waals surface area (Å²) in [5.74, 6) is -0.226. The highest BCUT2D eigenvalue weighted by atomic mass is 16.5. The van der Waals surface area contributed by atoms with Gasteiger partial charge in [-0.3, -0.25) is 4.79 Å². The van der Waals surface area contributed by atoms with E-state index in [2.05, 4.69) is 24.4 Å². The smallest absolute Gasteiger partial charge is 0.310 e. The van der Waals surface area contributed by atoms with Crippen LogP contribution in [-0.2, 0) is 14.9 Å². The summed E-state index contributed by atoms with van der Waals surface area (Å²) in [6, 6.07) is 10.1. The zero-order chi connectivity index (χ0) is 11.6. The third-order valence-electron chi connectivity index (χ3n) is 3.53. The van der Waals surface area contributed by atoms with Gasteiger partial charge in [-0.2, -0.15) is 0 Å². The van der Waals surface area contributed by atoms with Gasteiger partial charge in [-0.25, -0.2) is 0 Å². The minimum Gasteiger partial charge on any atom is -0.469 e. The van der Waals surface area contributed by atoms with Crippen LogP contribution < -0.4 is 5.32 Å². The Morgan fingerprint density at radius 3 is 2.75 bits per heavy atom. The number of carbonyl (C=O) groups excluding carboxylic acids is 1. The third-order valence-corrected chi connectivity index (χ3v) is 3.53. The zero-order valence-corrected chi connectivity index (χ0v) is 9.69. The van der Waals surface area contributed by atoms with Gasteiger partial charge in [0, 0.05) is 18.5 Å². The number of rotatable bonds is 2. The largest absolute Gasteiger partial charge is 0.469 e. The highest BCUT2D eigenvalue weighted by Gasteiger charge is 2.44. The van der Waals surface area contributed by atoms with Crippen molar-refractivity contribution in [3.05, 3.63) is 35.9 Å². The van der Waals surface area contributed by atoms with Crippen molar-refractivity contribution in [3.63, 3.8) is 0 Å². The van der Waals surface area contributed by atoms with Crippen LogP contribution in [0.5, 0.6) is 0 Å². The first kappa shape index (κ1) is 11.1. The normalized spacial score (nSPS) is 29.0. The summed E-state index contributed by atoms with van der Waals surface area (Å²) in [5, 5.41) is 3.28. The van der Waals surface area contributed by atoms with E-state index in [0.717, 1.165) is 6.54 Å². The van der Waals surface area contributed by atoms with Crippen LogP contribution >= 0.6 is 0 Å². The van der Waals surface area contributed by atoms with E-state index in [1.165, 1.54) is 12.7 Å². The van der Waals surface area contributed by atoms with Crippen LogP contribution in [-0.4, -0.2) is 26.2 Å². The first-order chi connectivity index (χ1) is 7.68. The van der Waals surface area contributed by atoms with Crippen molar-refractivity contribution in [2.75, 3.05) is 20.2 Å². The van der Waals surface area contributed by atoms with Gasteiger partial charge in [0.05, 0.1) is 13.0 Å². The molecule has 0 bridgehead atoms. The Morgan fingerprint density at radius 1 is 1.44 bits per heavy atom. The molecule has 2 atom stereocenters. The molecule has 0 radical (unpaired) electrons. The van der Waals surface area contributed by atoms with Crippen LogP contribution in [0.2, 0.25) is 0 Å². The van der Waals surface area contributed by atoms with E-state index >= 15 is 0 Å². The second-order valence-electron chi connectivity index (χ2n) is 4.49. The standard InChI is InChI=1S/C13H17NO2/c1-13(10-6-4-3-5-7-10)9-14-8-11(13)12(15)16-2/h3-7,11,14H,8-9H2,1-2H3. The molecule has 1 N–H and O–H groups in total. The summed E-state index contributed by atoms with van der Waals surface area (Å²) in [6.45, 7) is 3.62. The van der Waals surface area contributed by atoms with Crippen LogP contribution in [0.4, 0.5) is 0 Å². The van der Waals surface area contributed by atoms with Crippen LogP contribution in [0.25, 0.3) is 0 Å². The Hall–Kier alpha value is -1.35. The lowest BCUT2D eigenvalue weighted by molar-refractivity contribution is -0.146. The molecule has 1 aromatic carbocycles. The highest BCUT2D eigenvalue weighted by Crippen LogP contribution is 2.35. The molecule has 1 saturated heterocycles. The second kappa shape index (κ2) is 4.26. The molecule has 1 fully saturated rings. The third kappa shape index (κ3) is 1.71. The minimum atomic E-state index is -0.158. The van der Waals surface area contributed by atoms with Crippen molar-refractivity contribution in [1.82, 2.24) is 5.32 Å². The Labute approximate surface area is 95.8 Å².